The van der Waals surface area contributed by atoms with Gasteiger partial charge >= 0.3 is 0 Å². The number of carbonyl (C=O) groups excluding carboxylic acids is 1. The zero-order valence-electron chi connectivity index (χ0n) is 11.9. The number of hydrogen-bond acceptors (Lipinski definition) is 5. The quantitative estimate of drug-likeness (QED) is 0.760. The molecule has 0 atom stereocenters. The van der Waals surface area contributed by atoms with Crippen LogP contribution in [-0.4, -0.2) is 29.1 Å². The van der Waals surface area contributed by atoms with E-state index in [2.05, 4.69) is 27.4 Å². The van der Waals surface area contributed by atoms with Crippen LogP contribution in [0.3, 0.4) is 0 Å². The topological polar surface area (TPSA) is 80.0 Å². The van der Waals surface area contributed by atoms with Crippen molar-refractivity contribution in [3.05, 3.63) is 54.1 Å². The highest BCUT2D eigenvalue weighted by Crippen LogP contribution is 2.11. The molecule has 0 unspecified atom stereocenters. The molecule has 2 aromatic heterocycles. The Morgan fingerprint density at radius 1 is 1.52 bits per heavy atom. The fraction of sp³-hybridized carbons (Fsp3) is 0.267. The van der Waals surface area contributed by atoms with E-state index in [1.807, 2.05) is 13.0 Å². The van der Waals surface area contributed by atoms with Crippen LogP contribution in [0.25, 0.3) is 0 Å². The van der Waals surface area contributed by atoms with Crippen molar-refractivity contribution < 1.29 is 9.32 Å². The van der Waals surface area contributed by atoms with Crippen molar-refractivity contribution >= 4 is 11.7 Å². The number of pyridine rings is 1. The van der Waals surface area contributed by atoms with E-state index < -0.39 is 0 Å². The second-order valence-electron chi connectivity index (χ2n) is 4.51. The van der Waals surface area contributed by atoms with E-state index in [0.29, 0.717) is 30.9 Å². The van der Waals surface area contributed by atoms with Crippen LogP contribution in [-0.2, 0) is 6.42 Å². The monoisotopic (exact) mass is 286 g/mol. The molecule has 0 spiro atoms. The lowest BCUT2D eigenvalue weighted by Crippen LogP contribution is -2.25. The number of nitrogens with one attached hydrogen (secondary N) is 2. The molecule has 0 aliphatic heterocycles. The van der Waals surface area contributed by atoms with Crippen molar-refractivity contribution in [3.63, 3.8) is 0 Å². The molecule has 0 fully saturated rings. The van der Waals surface area contributed by atoms with Crippen LogP contribution in [0.15, 0.2) is 41.6 Å². The highest BCUT2D eigenvalue weighted by atomic mass is 16.5. The minimum Gasteiger partial charge on any atom is -0.369 e. The van der Waals surface area contributed by atoms with E-state index in [-0.39, 0.29) is 5.91 Å². The number of aromatic nitrogens is 2. The molecule has 0 saturated carbocycles. The summed E-state index contributed by atoms with van der Waals surface area (Å²) in [5, 5.41) is 9.71. The summed E-state index contributed by atoms with van der Waals surface area (Å²) in [6.07, 6.45) is 3.95. The highest BCUT2D eigenvalue weighted by molar-refractivity contribution is 5.98. The number of aryl methyl sites for hydroxylation is 1. The van der Waals surface area contributed by atoms with Crippen LogP contribution in [0.5, 0.6) is 0 Å². The molecule has 0 aliphatic rings. The van der Waals surface area contributed by atoms with E-state index >= 15 is 0 Å². The number of carbonyl (C=O) groups is 1. The third-order valence-electron chi connectivity index (χ3n) is 2.80. The van der Waals surface area contributed by atoms with Gasteiger partial charge in [-0.15, -0.1) is 6.58 Å². The zero-order valence-corrected chi connectivity index (χ0v) is 11.9. The first-order valence-electron chi connectivity index (χ1n) is 6.71. The number of nitrogens with zero attached hydrogens (tertiary/aromatic N) is 2. The van der Waals surface area contributed by atoms with Crippen LogP contribution in [0.1, 0.15) is 21.8 Å². The van der Waals surface area contributed by atoms with Gasteiger partial charge < -0.3 is 15.2 Å². The van der Waals surface area contributed by atoms with E-state index in [4.69, 9.17) is 4.52 Å². The minimum absolute atomic E-state index is 0.180. The van der Waals surface area contributed by atoms with E-state index in [1.54, 1.807) is 24.4 Å². The summed E-state index contributed by atoms with van der Waals surface area (Å²) in [5.41, 5.74) is 1.36. The molecule has 0 aliphatic carbocycles. The third kappa shape index (κ3) is 4.17. The van der Waals surface area contributed by atoms with Crippen molar-refractivity contribution in [2.45, 2.75) is 13.3 Å². The molecule has 110 valence electrons. The molecule has 0 aromatic carbocycles. The summed E-state index contributed by atoms with van der Waals surface area (Å²) in [6, 6.07) is 5.35. The lowest BCUT2D eigenvalue weighted by atomic mass is 10.2. The van der Waals surface area contributed by atoms with Gasteiger partial charge in [0.05, 0.1) is 11.3 Å². The smallest absolute Gasteiger partial charge is 0.255 e. The first kappa shape index (κ1) is 14.8. The Balaban J connectivity index is 1.96. The molecule has 2 aromatic rings. The Bertz CT molecular complexity index is 622. The SMILES string of the molecule is C=CCNC(=O)c1cccnc1NCCc1cc(C)no1. The lowest BCUT2D eigenvalue weighted by Gasteiger charge is -2.09. The molecular weight excluding hydrogens is 268 g/mol. The van der Waals surface area contributed by atoms with Gasteiger partial charge in [0.25, 0.3) is 5.91 Å². The summed E-state index contributed by atoms with van der Waals surface area (Å²) in [6.45, 7) is 6.47. The predicted octanol–water partition coefficient (Wildman–Crippen LogP) is 1.95. The number of anilines is 1. The first-order chi connectivity index (χ1) is 10.2. The van der Waals surface area contributed by atoms with Crippen LogP contribution < -0.4 is 10.6 Å². The van der Waals surface area contributed by atoms with E-state index in [9.17, 15) is 4.79 Å². The first-order valence-corrected chi connectivity index (χ1v) is 6.71. The average Bonchev–Trinajstić information content (AvgIpc) is 2.91. The predicted molar refractivity (Wildman–Crippen MR) is 80.2 cm³/mol. The van der Waals surface area contributed by atoms with Crippen molar-refractivity contribution in [1.29, 1.82) is 0 Å². The molecule has 2 rings (SSSR count). The summed E-state index contributed by atoms with van der Waals surface area (Å²) >= 11 is 0. The molecule has 6 heteroatoms. The molecule has 1 amide bonds. The van der Waals surface area contributed by atoms with Crippen LogP contribution in [0.2, 0.25) is 0 Å². The Morgan fingerprint density at radius 2 is 2.38 bits per heavy atom. The molecule has 6 nitrogen and oxygen atoms in total. The largest absolute Gasteiger partial charge is 0.369 e. The molecule has 0 bridgehead atoms. The van der Waals surface area contributed by atoms with Gasteiger partial charge in [-0.05, 0) is 19.1 Å². The van der Waals surface area contributed by atoms with Crippen molar-refractivity contribution in [2.75, 3.05) is 18.4 Å². The second-order valence-corrected chi connectivity index (χ2v) is 4.51. The van der Waals surface area contributed by atoms with Crippen molar-refractivity contribution in [3.8, 4) is 0 Å². The zero-order chi connectivity index (χ0) is 15.1. The van der Waals surface area contributed by atoms with Gasteiger partial charge in [0, 0.05) is 31.8 Å². The molecule has 0 radical (unpaired) electrons. The summed E-state index contributed by atoms with van der Waals surface area (Å²) in [4.78, 5) is 16.2. The van der Waals surface area contributed by atoms with Crippen LogP contribution in [0, 0.1) is 6.92 Å². The number of amides is 1. The van der Waals surface area contributed by atoms with Crippen LogP contribution >= 0.6 is 0 Å². The Kier molecular flexibility index (Phi) is 5.09. The molecule has 2 N–H and O–H groups in total. The second kappa shape index (κ2) is 7.23. The maximum atomic E-state index is 12.0. The van der Waals surface area contributed by atoms with Gasteiger partial charge in [0.1, 0.15) is 11.6 Å². The lowest BCUT2D eigenvalue weighted by molar-refractivity contribution is 0.0958. The van der Waals surface area contributed by atoms with Crippen molar-refractivity contribution in [2.24, 2.45) is 0 Å². The summed E-state index contributed by atoms with van der Waals surface area (Å²) < 4.78 is 5.13. The van der Waals surface area contributed by atoms with E-state index in [0.717, 1.165) is 11.5 Å². The van der Waals surface area contributed by atoms with Crippen molar-refractivity contribution in [1.82, 2.24) is 15.5 Å². The third-order valence-corrected chi connectivity index (χ3v) is 2.80. The van der Waals surface area contributed by atoms with Gasteiger partial charge in [0.15, 0.2) is 0 Å². The standard InChI is InChI=1S/C15H18N4O2/c1-3-7-18-15(20)13-5-4-8-16-14(13)17-9-6-12-10-11(2)19-21-12/h3-5,8,10H,1,6-7,9H2,2H3,(H,16,17)(H,18,20). The fourth-order valence-electron chi connectivity index (χ4n) is 1.83. The normalized spacial score (nSPS) is 10.1. The molecule has 21 heavy (non-hydrogen) atoms. The summed E-state index contributed by atoms with van der Waals surface area (Å²) in [7, 11) is 0. The highest BCUT2D eigenvalue weighted by Gasteiger charge is 2.11. The Labute approximate surface area is 123 Å². The molecular formula is C15H18N4O2. The fourth-order valence-corrected chi connectivity index (χ4v) is 1.83. The van der Waals surface area contributed by atoms with Gasteiger partial charge in [-0.3, -0.25) is 4.79 Å². The maximum absolute atomic E-state index is 12.0. The van der Waals surface area contributed by atoms with Gasteiger partial charge in [-0.2, -0.15) is 0 Å². The molecule has 2 heterocycles. The van der Waals surface area contributed by atoms with E-state index in [1.165, 1.54) is 0 Å². The van der Waals surface area contributed by atoms with Crippen LogP contribution in [0.4, 0.5) is 5.82 Å². The van der Waals surface area contributed by atoms with Gasteiger partial charge in [0.2, 0.25) is 0 Å². The van der Waals surface area contributed by atoms with Gasteiger partial charge in [-0.25, -0.2) is 4.98 Å². The van der Waals surface area contributed by atoms with Gasteiger partial charge in [-0.1, -0.05) is 11.2 Å². The number of rotatable bonds is 7. The molecule has 0 saturated heterocycles. The minimum atomic E-state index is -0.180. The number of hydrogen-bond donors (Lipinski definition) is 2. The Hall–Kier alpha value is -2.63. The average molecular weight is 286 g/mol. The maximum Gasteiger partial charge on any atom is 0.255 e. The summed E-state index contributed by atoms with van der Waals surface area (Å²) in [5.74, 6) is 1.17. The Morgan fingerprint density at radius 3 is 3.10 bits per heavy atom.